The Kier molecular flexibility index (Phi) is 9.58. The molecule has 0 aliphatic rings. The van der Waals surface area contributed by atoms with Gasteiger partial charge in [0.15, 0.2) is 5.96 Å². The van der Waals surface area contributed by atoms with Crippen LogP contribution < -0.4 is 16.4 Å². The Morgan fingerprint density at radius 3 is 2.71 bits per heavy atom. The van der Waals surface area contributed by atoms with Crippen LogP contribution in [0.3, 0.4) is 0 Å². The Bertz CT molecular complexity index is 528. The maximum atomic E-state index is 11.2. The highest BCUT2D eigenvalue weighted by molar-refractivity contribution is 5.92. The molecule has 0 spiro atoms. The van der Waals surface area contributed by atoms with Crippen LogP contribution in [0.1, 0.15) is 68.8 Å². The van der Waals surface area contributed by atoms with Gasteiger partial charge in [-0.15, -0.1) is 0 Å². The minimum absolute atomic E-state index is 0.386. The second-order valence-electron chi connectivity index (χ2n) is 6.15. The summed E-state index contributed by atoms with van der Waals surface area (Å²) >= 11 is 0. The van der Waals surface area contributed by atoms with Crippen LogP contribution in [0.15, 0.2) is 29.3 Å². The fourth-order valence-corrected chi connectivity index (χ4v) is 2.50. The molecular formula is C19H32N4O. The van der Waals surface area contributed by atoms with Crippen molar-refractivity contribution < 1.29 is 4.79 Å². The second kappa shape index (κ2) is 11.5. The number of carbonyl (C=O) groups excluding carboxylic acids is 1. The van der Waals surface area contributed by atoms with Crippen molar-refractivity contribution in [2.45, 2.75) is 65.5 Å². The summed E-state index contributed by atoms with van der Waals surface area (Å²) < 4.78 is 0. The topological polar surface area (TPSA) is 79.5 Å². The van der Waals surface area contributed by atoms with Gasteiger partial charge in [0, 0.05) is 18.2 Å². The van der Waals surface area contributed by atoms with E-state index in [1.807, 2.05) is 12.1 Å². The molecule has 1 aromatic rings. The standard InChI is InChI=1S/C19H32N4O/c1-4-6-7-8-10-15(3)23-19(21-5-2)22-14-16-11-9-12-17(13-16)18(20)24/h9,11-13,15H,4-8,10,14H2,1-3H3,(H2,20,24)(H2,21,22,23). The largest absolute Gasteiger partial charge is 0.366 e. The zero-order valence-electron chi connectivity index (χ0n) is 15.3. The number of hydrogen-bond acceptors (Lipinski definition) is 2. The molecule has 0 saturated heterocycles. The lowest BCUT2D eigenvalue weighted by molar-refractivity contribution is 0.1000. The summed E-state index contributed by atoms with van der Waals surface area (Å²) in [6.45, 7) is 7.79. The molecule has 24 heavy (non-hydrogen) atoms. The Morgan fingerprint density at radius 1 is 1.25 bits per heavy atom. The SMILES string of the molecule is CCCCCCC(C)NC(=NCc1cccc(C(N)=O)c1)NCC. The zero-order valence-corrected chi connectivity index (χ0v) is 15.3. The van der Waals surface area contributed by atoms with Crippen LogP contribution in [0.25, 0.3) is 0 Å². The number of unbranched alkanes of at least 4 members (excludes halogenated alkanes) is 3. The highest BCUT2D eigenvalue weighted by Gasteiger charge is 2.06. The lowest BCUT2D eigenvalue weighted by atomic mass is 10.1. The maximum absolute atomic E-state index is 11.2. The first-order chi connectivity index (χ1) is 11.6. The van der Waals surface area contributed by atoms with Gasteiger partial charge in [0.25, 0.3) is 0 Å². The summed E-state index contributed by atoms with van der Waals surface area (Å²) in [6.07, 6.45) is 6.23. The predicted octanol–water partition coefficient (Wildman–Crippen LogP) is 3.20. The summed E-state index contributed by atoms with van der Waals surface area (Å²) in [5.41, 5.74) is 6.81. The normalized spacial score (nSPS) is 12.7. The van der Waals surface area contributed by atoms with Crippen LogP contribution in [0, 0.1) is 0 Å². The van der Waals surface area contributed by atoms with Crippen molar-refractivity contribution in [3.8, 4) is 0 Å². The molecule has 0 aliphatic heterocycles. The van der Waals surface area contributed by atoms with Crippen LogP contribution in [-0.4, -0.2) is 24.5 Å². The number of aliphatic imine (C=N–C) groups is 1. The minimum Gasteiger partial charge on any atom is -0.366 e. The molecule has 134 valence electrons. The number of benzene rings is 1. The van der Waals surface area contributed by atoms with Crippen molar-refractivity contribution in [3.63, 3.8) is 0 Å². The van der Waals surface area contributed by atoms with Crippen LogP contribution >= 0.6 is 0 Å². The van der Waals surface area contributed by atoms with Gasteiger partial charge < -0.3 is 16.4 Å². The molecule has 0 bridgehead atoms. The molecule has 0 heterocycles. The third kappa shape index (κ3) is 7.99. The Morgan fingerprint density at radius 2 is 2.04 bits per heavy atom. The maximum Gasteiger partial charge on any atom is 0.248 e. The Balaban J connectivity index is 2.58. The average Bonchev–Trinajstić information content (AvgIpc) is 2.57. The molecule has 5 nitrogen and oxygen atoms in total. The van der Waals surface area contributed by atoms with Gasteiger partial charge in [-0.3, -0.25) is 4.79 Å². The van der Waals surface area contributed by atoms with E-state index in [4.69, 9.17) is 5.73 Å². The van der Waals surface area contributed by atoms with Crippen LogP contribution in [0.4, 0.5) is 0 Å². The van der Waals surface area contributed by atoms with E-state index >= 15 is 0 Å². The number of nitrogens with zero attached hydrogens (tertiary/aromatic N) is 1. The highest BCUT2D eigenvalue weighted by Crippen LogP contribution is 2.07. The van der Waals surface area contributed by atoms with Crippen molar-refractivity contribution in [1.82, 2.24) is 10.6 Å². The predicted molar refractivity (Wildman–Crippen MR) is 101 cm³/mol. The number of carbonyl (C=O) groups is 1. The second-order valence-corrected chi connectivity index (χ2v) is 6.15. The fourth-order valence-electron chi connectivity index (χ4n) is 2.50. The quantitative estimate of drug-likeness (QED) is 0.350. The lowest BCUT2D eigenvalue weighted by Gasteiger charge is -2.17. The van der Waals surface area contributed by atoms with Crippen molar-refractivity contribution in [2.75, 3.05) is 6.54 Å². The smallest absolute Gasteiger partial charge is 0.248 e. The van der Waals surface area contributed by atoms with Gasteiger partial charge >= 0.3 is 0 Å². The van der Waals surface area contributed by atoms with E-state index in [-0.39, 0.29) is 0 Å². The first kappa shape index (κ1) is 20.0. The highest BCUT2D eigenvalue weighted by atomic mass is 16.1. The number of primary amides is 1. The molecule has 0 aliphatic carbocycles. The third-order valence-corrected chi connectivity index (χ3v) is 3.85. The van der Waals surface area contributed by atoms with E-state index < -0.39 is 5.91 Å². The van der Waals surface area contributed by atoms with Gasteiger partial charge in [-0.25, -0.2) is 4.99 Å². The van der Waals surface area contributed by atoms with E-state index in [0.29, 0.717) is 18.2 Å². The number of nitrogens with two attached hydrogens (primary N) is 1. The van der Waals surface area contributed by atoms with E-state index in [2.05, 4.69) is 36.4 Å². The van der Waals surface area contributed by atoms with E-state index in [0.717, 1.165) is 24.5 Å². The lowest BCUT2D eigenvalue weighted by Crippen LogP contribution is -2.42. The number of guanidine groups is 1. The van der Waals surface area contributed by atoms with Gasteiger partial charge in [-0.05, 0) is 38.0 Å². The van der Waals surface area contributed by atoms with E-state index in [1.165, 1.54) is 25.7 Å². The summed E-state index contributed by atoms with van der Waals surface area (Å²) in [5.74, 6) is 0.400. The van der Waals surface area contributed by atoms with Gasteiger partial charge in [-0.1, -0.05) is 44.7 Å². The molecule has 4 N–H and O–H groups in total. The summed E-state index contributed by atoms with van der Waals surface area (Å²) in [6, 6.07) is 7.69. The van der Waals surface area contributed by atoms with E-state index in [9.17, 15) is 4.79 Å². The Hall–Kier alpha value is -2.04. The molecule has 1 aromatic carbocycles. The molecule has 5 heteroatoms. The zero-order chi connectivity index (χ0) is 17.8. The van der Waals surface area contributed by atoms with Gasteiger partial charge in [0.05, 0.1) is 6.54 Å². The molecular weight excluding hydrogens is 300 g/mol. The summed E-state index contributed by atoms with van der Waals surface area (Å²) in [4.78, 5) is 15.9. The first-order valence-corrected chi connectivity index (χ1v) is 9.00. The van der Waals surface area contributed by atoms with Gasteiger partial charge in [0.1, 0.15) is 0 Å². The molecule has 1 atom stereocenters. The molecule has 1 unspecified atom stereocenters. The van der Waals surface area contributed by atoms with E-state index in [1.54, 1.807) is 12.1 Å². The van der Waals surface area contributed by atoms with Gasteiger partial charge in [0.2, 0.25) is 5.91 Å². The molecule has 0 fully saturated rings. The number of nitrogens with one attached hydrogen (secondary N) is 2. The number of rotatable bonds is 10. The fraction of sp³-hybridized carbons (Fsp3) is 0.579. The molecule has 0 radical (unpaired) electrons. The van der Waals surface area contributed by atoms with Crippen LogP contribution in [0.2, 0.25) is 0 Å². The van der Waals surface area contributed by atoms with Gasteiger partial charge in [-0.2, -0.15) is 0 Å². The molecule has 0 saturated carbocycles. The van der Waals surface area contributed by atoms with Crippen molar-refractivity contribution >= 4 is 11.9 Å². The van der Waals surface area contributed by atoms with Crippen LogP contribution in [0.5, 0.6) is 0 Å². The average molecular weight is 332 g/mol. The molecule has 0 aromatic heterocycles. The summed E-state index contributed by atoms with van der Waals surface area (Å²) in [5, 5.41) is 6.72. The summed E-state index contributed by atoms with van der Waals surface area (Å²) in [7, 11) is 0. The van der Waals surface area contributed by atoms with Crippen LogP contribution in [-0.2, 0) is 6.54 Å². The monoisotopic (exact) mass is 332 g/mol. The number of amides is 1. The number of hydrogen-bond donors (Lipinski definition) is 3. The minimum atomic E-state index is -0.411. The van der Waals surface area contributed by atoms with Crippen molar-refractivity contribution in [3.05, 3.63) is 35.4 Å². The first-order valence-electron chi connectivity index (χ1n) is 9.00. The molecule has 1 rings (SSSR count). The van der Waals surface area contributed by atoms with Crippen molar-refractivity contribution in [1.29, 1.82) is 0 Å². The third-order valence-electron chi connectivity index (χ3n) is 3.85. The van der Waals surface area contributed by atoms with Crippen molar-refractivity contribution in [2.24, 2.45) is 10.7 Å². The molecule has 1 amide bonds. The Labute approximate surface area is 146 Å².